The second-order valence-corrected chi connectivity index (χ2v) is 10.9. The third-order valence-corrected chi connectivity index (χ3v) is 8.02. The minimum atomic E-state index is 0.271. The molecule has 0 unspecified atom stereocenters. The SMILES string of the molecule is CCOc1nc2nc(-c3ccc(-c4ccc5c(-c6ccccc6)c(C#N)c(OCC)nc5n4)cc3)ccc2c(-c2ccccc2)c1C#N. The van der Waals surface area contributed by atoms with Gasteiger partial charge in [0.25, 0.3) is 0 Å². The number of aromatic nitrogens is 4. The summed E-state index contributed by atoms with van der Waals surface area (Å²) in [5.74, 6) is 0.541. The summed E-state index contributed by atoms with van der Waals surface area (Å²) >= 11 is 0. The molecule has 3 aromatic carbocycles. The summed E-state index contributed by atoms with van der Waals surface area (Å²) in [7, 11) is 0. The van der Waals surface area contributed by atoms with Crippen LogP contribution in [0.5, 0.6) is 11.8 Å². The minimum absolute atomic E-state index is 0.271. The van der Waals surface area contributed by atoms with E-state index in [2.05, 4.69) is 22.1 Å². The van der Waals surface area contributed by atoms with E-state index in [0.29, 0.717) is 35.6 Å². The van der Waals surface area contributed by atoms with Crippen molar-refractivity contribution in [3.05, 3.63) is 120 Å². The summed E-state index contributed by atoms with van der Waals surface area (Å²) in [6.45, 7) is 4.48. The van der Waals surface area contributed by atoms with Crippen LogP contribution in [0, 0.1) is 22.7 Å². The number of fused-ring (bicyclic) bond motifs is 2. The number of pyridine rings is 4. The average molecular weight is 625 g/mol. The van der Waals surface area contributed by atoms with Crippen LogP contribution in [0.2, 0.25) is 0 Å². The highest BCUT2D eigenvalue weighted by atomic mass is 16.5. The van der Waals surface area contributed by atoms with Crippen LogP contribution in [-0.2, 0) is 0 Å². The molecule has 48 heavy (non-hydrogen) atoms. The van der Waals surface area contributed by atoms with E-state index in [4.69, 9.17) is 19.4 Å². The van der Waals surface area contributed by atoms with Crippen molar-refractivity contribution >= 4 is 22.1 Å². The molecule has 0 radical (unpaired) electrons. The summed E-state index contributed by atoms with van der Waals surface area (Å²) < 4.78 is 11.6. The number of benzene rings is 3. The Morgan fingerprint density at radius 3 is 1.23 bits per heavy atom. The van der Waals surface area contributed by atoms with E-state index in [1.165, 1.54) is 0 Å². The molecule has 0 aliphatic rings. The molecule has 0 fully saturated rings. The van der Waals surface area contributed by atoms with Crippen LogP contribution in [0.15, 0.2) is 109 Å². The lowest BCUT2D eigenvalue weighted by molar-refractivity contribution is 0.327. The van der Waals surface area contributed by atoms with Gasteiger partial charge in [-0.2, -0.15) is 20.5 Å². The number of hydrogen-bond donors (Lipinski definition) is 0. The summed E-state index contributed by atoms with van der Waals surface area (Å²) in [5, 5.41) is 21.7. The van der Waals surface area contributed by atoms with E-state index in [1.807, 2.05) is 123 Å². The molecule has 0 N–H and O–H groups in total. The predicted molar refractivity (Wildman–Crippen MR) is 186 cm³/mol. The first kappa shape index (κ1) is 30.0. The summed E-state index contributed by atoms with van der Waals surface area (Å²) in [4.78, 5) is 19.1. The van der Waals surface area contributed by atoms with Crippen molar-refractivity contribution in [3.8, 4) is 68.7 Å². The highest BCUT2D eigenvalue weighted by Gasteiger charge is 2.21. The molecule has 8 heteroatoms. The van der Waals surface area contributed by atoms with Gasteiger partial charge in [0.1, 0.15) is 23.3 Å². The van der Waals surface area contributed by atoms with Gasteiger partial charge >= 0.3 is 0 Å². The standard InChI is InChI=1S/C40H28N6O2/c1-3-47-39-31(23-41)35(27-11-7-5-8-12-27)29-19-21-33(43-37(29)45-39)25-15-17-26(18-16-25)34-22-20-30-36(28-13-9-6-10-14-28)32(24-42)40(48-4-2)46-38(30)44-34/h5-22H,3-4H2,1-2H3. The molecule has 0 atom stereocenters. The summed E-state index contributed by atoms with van der Waals surface area (Å²) in [6, 6.07) is 39.9. The molecule has 0 spiro atoms. The van der Waals surface area contributed by atoms with E-state index >= 15 is 0 Å². The molecule has 4 aromatic heterocycles. The van der Waals surface area contributed by atoms with Gasteiger partial charge in [-0.15, -0.1) is 0 Å². The van der Waals surface area contributed by atoms with Gasteiger partial charge in [-0.05, 0) is 49.2 Å². The maximum atomic E-state index is 10.1. The van der Waals surface area contributed by atoms with Crippen molar-refractivity contribution in [2.45, 2.75) is 13.8 Å². The zero-order chi connectivity index (χ0) is 33.0. The number of ether oxygens (including phenoxy) is 2. The fraction of sp³-hybridized carbons (Fsp3) is 0.100. The monoisotopic (exact) mass is 624 g/mol. The Kier molecular flexibility index (Phi) is 8.13. The van der Waals surface area contributed by atoms with E-state index in [0.717, 1.165) is 55.5 Å². The lowest BCUT2D eigenvalue weighted by Gasteiger charge is -2.14. The van der Waals surface area contributed by atoms with Gasteiger partial charge in [-0.25, -0.2) is 9.97 Å². The molecule has 0 bridgehead atoms. The zero-order valence-electron chi connectivity index (χ0n) is 26.3. The van der Waals surface area contributed by atoms with Crippen molar-refractivity contribution in [1.82, 2.24) is 19.9 Å². The van der Waals surface area contributed by atoms with E-state index in [9.17, 15) is 10.5 Å². The predicted octanol–water partition coefficient (Wildman–Crippen LogP) is 8.78. The Balaban J connectivity index is 1.29. The fourth-order valence-electron chi connectivity index (χ4n) is 5.88. The van der Waals surface area contributed by atoms with Gasteiger partial charge < -0.3 is 9.47 Å². The van der Waals surface area contributed by atoms with Crippen molar-refractivity contribution in [2.75, 3.05) is 13.2 Å². The fourth-order valence-corrected chi connectivity index (χ4v) is 5.88. The molecule has 230 valence electrons. The van der Waals surface area contributed by atoms with Gasteiger partial charge in [-0.3, -0.25) is 0 Å². The first-order chi connectivity index (χ1) is 23.6. The van der Waals surface area contributed by atoms with Crippen LogP contribution in [0.4, 0.5) is 0 Å². The Hall–Kier alpha value is -6.64. The van der Waals surface area contributed by atoms with Gasteiger partial charge in [0.05, 0.1) is 24.6 Å². The van der Waals surface area contributed by atoms with Gasteiger partial charge in [0, 0.05) is 33.0 Å². The van der Waals surface area contributed by atoms with Crippen LogP contribution >= 0.6 is 0 Å². The Morgan fingerprint density at radius 2 is 0.875 bits per heavy atom. The smallest absolute Gasteiger partial charge is 0.234 e. The first-order valence-corrected chi connectivity index (χ1v) is 15.6. The van der Waals surface area contributed by atoms with Gasteiger partial charge in [0.2, 0.25) is 11.8 Å². The molecule has 7 rings (SSSR count). The van der Waals surface area contributed by atoms with Gasteiger partial charge in [0.15, 0.2) is 11.3 Å². The Bertz CT molecular complexity index is 2210. The average Bonchev–Trinajstić information content (AvgIpc) is 3.14. The topological polar surface area (TPSA) is 118 Å². The molecular formula is C40H28N6O2. The number of nitrogens with zero attached hydrogens (tertiary/aromatic N) is 6. The molecule has 0 aliphatic heterocycles. The van der Waals surface area contributed by atoms with E-state index in [-0.39, 0.29) is 11.8 Å². The third-order valence-electron chi connectivity index (χ3n) is 8.02. The number of nitriles is 2. The molecule has 0 amide bonds. The maximum absolute atomic E-state index is 10.1. The van der Waals surface area contributed by atoms with Crippen molar-refractivity contribution in [2.24, 2.45) is 0 Å². The lowest BCUT2D eigenvalue weighted by atomic mass is 9.97. The van der Waals surface area contributed by atoms with Crippen LogP contribution in [0.3, 0.4) is 0 Å². The van der Waals surface area contributed by atoms with Crippen LogP contribution < -0.4 is 9.47 Å². The van der Waals surface area contributed by atoms with Crippen LogP contribution in [0.1, 0.15) is 25.0 Å². The molecule has 0 aliphatic carbocycles. The molecule has 8 nitrogen and oxygen atoms in total. The number of hydrogen-bond acceptors (Lipinski definition) is 8. The Morgan fingerprint density at radius 1 is 0.479 bits per heavy atom. The van der Waals surface area contributed by atoms with Crippen molar-refractivity contribution < 1.29 is 9.47 Å². The molecule has 7 aromatic rings. The second-order valence-electron chi connectivity index (χ2n) is 10.9. The second kappa shape index (κ2) is 13.0. The first-order valence-electron chi connectivity index (χ1n) is 15.6. The largest absolute Gasteiger partial charge is 0.477 e. The van der Waals surface area contributed by atoms with Crippen molar-refractivity contribution in [3.63, 3.8) is 0 Å². The zero-order valence-corrected chi connectivity index (χ0v) is 26.3. The molecule has 0 saturated heterocycles. The Labute approximate surface area is 277 Å². The van der Waals surface area contributed by atoms with Crippen molar-refractivity contribution in [1.29, 1.82) is 10.5 Å². The highest BCUT2D eigenvalue weighted by Crippen LogP contribution is 2.38. The molecule has 0 saturated carbocycles. The van der Waals surface area contributed by atoms with E-state index in [1.54, 1.807) is 0 Å². The molecule has 4 heterocycles. The molecular weight excluding hydrogens is 596 g/mol. The third kappa shape index (κ3) is 5.42. The van der Waals surface area contributed by atoms with E-state index < -0.39 is 0 Å². The quantitative estimate of drug-likeness (QED) is 0.165. The normalized spacial score (nSPS) is 10.8. The van der Waals surface area contributed by atoms with Crippen LogP contribution in [0.25, 0.3) is 66.8 Å². The minimum Gasteiger partial charge on any atom is -0.477 e. The van der Waals surface area contributed by atoms with Crippen LogP contribution in [-0.4, -0.2) is 33.1 Å². The van der Waals surface area contributed by atoms with Gasteiger partial charge in [-0.1, -0.05) is 84.9 Å². The summed E-state index contributed by atoms with van der Waals surface area (Å²) in [6.07, 6.45) is 0. The maximum Gasteiger partial charge on any atom is 0.234 e. The highest BCUT2D eigenvalue weighted by molar-refractivity contribution is 5.99. The summed E-state index contributed by atoms with van der Waals surface area (Å²) in [5.41, 5.74) is 8.33. The lowest BCUT2D eigenvalue weighted by Crippen LogP contribution is -2.02. The number of rotatable bonds is 8.